The van der Waals surface area contributed by atoms with Crippen molar-refractivity contribution < 1.29 is 4.79 Å². The highest BCUT2D eigenvalue weighted by Crippen LogP contribution is 2.23. The average molecular weight is 325 g/mol. The van der Waals surface area contributed by atoms with Crippen molar-refractivity contribution in [1.82, 2.24) is 4.90 Å². The third-order valence-electron chi connectivity index (χ3n) is 2.59. The van der Waals surface area contributed by atoms with Crippen LogP contribution in [0, 0.1) is 0 Å². The number of para-hydroxylation sites is 1. The van der Waals surface area contributed by atoms with Crippen molar-refractivity contribution in [2.75, 3.05) is 12.8 Å². The molecule has 0 saturated carbocycles. The van der Waals surface area contributed by atoms with Gasteiger partial charge in [-0.25, -0.2) is 0 Å². The number of nitrogens with two attached hydrogens (primary N) is 1. The highest BCUT2D eigenvalue weighted by Gasteiger charge is 2.14. The van der Waals surface area contributed by atoms with Crippen molar-refractivity contribution in [1.29, 1.82) is 0 Å². The van der Waals surface area contributed by atoms with E-state index in [2.05, 4.69) is 15.9 Å². The van der Waals surface area contributed by atoms with Gasteiger partial charge in [0.05, 0.1) is 8.66 Å². The Bertz CT molecular complexity index is 568. The van der Waals surface area contributed by atoms with Gasteiger partial charge in [0.2, 0.25) is 0 Å². The molecule has 0 aliphatic carbocycles. The molecule has 94 valence electrons. The molecular weight excluding hydrogens is 312 g/mol. The Morgan fingerprint density at radius 1 is 1.33 bits per heavy atom. The number of anilines is 1. The normalized spacial score (nSPS) is 10.3. The summed E-state index contributed by atoms with van der Waals surface area (Å²) in [6, 6.07) is 11.3. The second kappa shape index (κ2) is 5.54. The zero-order valence-corrected chi connectivity index (χ0v) is 12.3. The van der Waals surface area contributed by atoms with E-state index < -0.39 is 0 Å². The minimum atomic E-state index is 0.00829. The molecule has 0 spiro atoms. The molecule has 1 aromatic carbocycles. The van der Waals surface area contributed by atoms with Gasteiger partial charge >= 0.3 is 0 Å². The molecule has 2 rings (SSSR count). The zero-order valence-electron chi connectivity index (χ0n) is 9.89. The van der Waals surface area contributed by atoms with E-state index in [0.29, 0.717) is 12.2 Å². The maximum Gasteiger partial charge on any atom is 0.264 e. The van der Waals surface area contributed by atoms with Crippen molar-refractivity contribution in [2.45, 2.75) is 6.54 Å². The molecule has 0 radical (unpaired) electrons. The largest absolute Gasteiger partial charge is 0.398 e. The Balaban J connectivity index is 2.11. The van der Waals surface area contributed by atoms with Crippen molar-refractivity contribution >= 4 is 38.9 Å². The molecule has 18 heavy (non-hydrogen) atoms. The van der Waals surface area contributed by atoms with Crippen molar-refractivity contribution in [3.05, 3.63) is 50.6 Å². The van der Waals surface area contributed by atoms with Crippen LogP contribution in [0.3, 0.4) is 0 Å². The van der Waals surface area contributed by atoms with E-state index in [9.17, 15) is 4.79 Å². The lowest BCUT2D eigenvalue weighted by Crippen LogP contribution is -2.25. The maximum atomic E-state index is 12.1. The second-order valence-electron chi connectivity index (χ2n) is 3.96. The first kappa shape index (κ1) is 13.1. The molecule has 0 unspecified atom stereocenters. The number of nitrogen functional groups attached to an aromatic ring is 1. The van der Waals surface area contributed by atoms with Crippen molar-refractivity contribution in [2.24, 2.45) is 0 Å². The van der Waals surface area contributed by atoms with Gasteiger partial charge in [-0.3, -0.25) is 4.79 Å². The number of thiophene rings is 1. The van der Waals surface area contributed by atoms with Gasteiger partial charge in [0.1, 0.15) is 0 Å². The number of halogens is 1. The number of carbonyl (C=O) groups is 1. The summed E-state index contributed by atoms with van der Waals surface area (Å²) in [6.45, 7) is 0.515. The van der Waals surface area contributed by atoms with Crippen LogP contribution >= 0.6 is 27.3 Å². The lowest BCUT2D eigenvalue weighted by atomic mass is 10.1. The lowest BCUT2D eigenvalue weighted by Gasteiger charge is -2.17. The summed E-state index contributed by atoms with van der Waals surface area (Å²) >= 11 is 4.79. The van der Waals surface area contributed by atoms with Crippen LogP contribution in [0.25, 0.3) is 0 Å². The van der Waals surface area contributed by atoms with Crippen LogP contribution in [0.2, 0.25) is 0 Å². The summed E-state index contributed by atoms with van der Waals surface area (Å²) < 4.78 is 0.957. The number of rotatable bonds is 3. The van der Waals surface area contributed by atoms with Crippen molar-refractivity contribution in [3.63, 3.8) is 0 Å². The van der Waals surface area contributed by atoms with Crippen LogP contribution in [0.1, 0.15) is 15.2 Å². The van der Waals surface area contributed by atoms with Gasteiger partial charge in [-0.2, -0.15) is 0 Å². The van der Waals surface area contributed by atoms with Crippen LogP contribution in [-0.4, -0.2) is 17.9 Å². The first-order valence-electron chi connectivity index (χ1n) is 5.42. The Hall–Kier alpha value is -1.33. The molecule has 1 heterocycles. The van der Waals surface area contributed by atoms with Crippen molar-refractivity contribution in [3.8, 4) is 0 Å². The molecule has 2 aromatic rings. The molecule has 3 nitrogen and oxygen atoms in total. The number of hydrogen-bond acceptors (Lipinski definition) is 3. The summed E-state index contributed by atoms with van der Waals surface area (Å²) in [5.41, 5.74) is 7.54. The van der Waals surface area contributed by atoms with E-state index in [1.807, 2.05) is 36.4 Å². The highest BCUT2D eigenvalue weighted by molar-refractivity contribution is 9.11. The minimum absolute atomic E-state index is 0.00829. The topological polar surface area (TPSA) is 46.3 Å². The molecule has 0 atom stereocenters. The van der Waals surface area contributed by atoms with Gasteiger partial charge in [0.15, 0.2) is 0 Å². The van der Waals surface area contributed by atoms with E-state index in [0.717, 1.165) is 14.2 Å². The molecule has 0 bridgehead atoms. The monoisotopic (exact) mass is 324 g/mol. The minimum Gasteiger partial charge on any atom is -0.398 e. The SMILES string of the molecule is CN(Cc1ccccc1N)C(=O)c1ccc(Br)s1. The van der Waals surface area contributed by atoms with Crippen LogP contribution in [0.15, 0.2) is 40.2 Å². The third kappa shape index (κ3) is 2.91. The lowest BCUT2D eigenvalue weighted by molar-refractivity contribution is 0.0790. The first-order valence-corrected chi connectivity index (χ1v) is 7.03. The number of benzene rings is 1. The fourth-order valence-corrected chi connectivity index (χ4v) is 3.00. The van der Waals surface area contributed by atoms with E-state index in [4.69, 9.17) is 5.73 Å². The van der Waals surface area contributed by atoms with Crippen LogP contribution < -0.4 is 5.73 Å². The number of hydrogen-bond donors (Lipinski definition) is 1. The summed E-state index contributed by atoms with van der Waals surface area (Å²) in [7, 11) is 1.78. The van der Waals surface area contributed by atoms with E-state index >= 15 is 0 Å². The van der Waals surface area contributed by atoms with Crippen LogP contribution in [0.4, 0.5) is 5.69 Å². The Labute approximate surface area is 118 Å². The summed E-state index contributed by atoms with van der Waals surface area (Å²) in [4.78, 5) is 14.5. The molecule has 5 heteroatoms. The number of carbonyl (C=O) groups excluding carboxylic acids is 1. The van der Waals surface area contributed by atoms with Gasteiger partial charge in [-0.05, 0) is 39.7 Å². The summed E-state index contributed by atoms with van der Waals surface area (Å²) in [5, 5.41) is 0. The molecule has 2 N–H and O–H groups in total. The standard InChI is InChI=1S/C13H13BrN2OS/c1-16(8-9-4-2-3-5-10(9)15)13(17)11-6-7-12(14)18-11/h2-7H,8,15H2,1H3. The van der Waals surface area contributed by atoms with Gasteiger partial charge in [-0.15, -0.1) is 11.3 Å². The Morgan fingerprint density at radius 2 is 2.06 bits per heavy atom. The molecule has 1 amide bonds. The average Bonchev–Trinajstić information content (AvgIpc) is 2.78. The number of amides is 1. The first-order chi connectivity index (χ1) is 8.58. The van der Waals surface area contributed by atoms with E-state index in [1.165, 1.54) is 11.3 Å². The van der Waals surface area contributed by atoms with Crippen LogP contribution in [-0.2, 0) is 6.54 Å². The predicted octanol–water partition coefficient (Wildman–Crippen LogP) is 3.37. The molecule has 0 saturated heterocycles. The Morgan fingerprint density at radius 3 is 2.67 bits per heavy atom. The predicted molar refractivity (Wildman–Crippen MR) is 78.7 cm³/mol. The quantitative estimate of drug-likeness (QED) is 0.880. The third-order valence-corrected chi connectivity index (χ3v) is 4.20. The highest BCUT2D eigenvalue weighted by atomic mass is 79.9. The van der Waals surface area contributed by atoms with Gasteiger partial charge in [0.25, 0.3) is 5.91 Å². The van der Waals surface area contributed by atoms with Gasteiger partial charge in [-0.1, -0.05) is 18.2 Å². The van der Waals surface area contributed by atoms with Gasteiger partial charge < -0.3 is 10.6 Å². The Kier molecular flexibility index (Phi) is 4.04. The van der Waals surface area contributed by atoms with Gasteiger partial charge in [0, 0.05) is 19.3 Å². The molecule has 0 aliphatic rings. The van der Waals surface area contributed by atoms with Crippen LogP contribution in [0.5, 0.6) is 0 Å². The number of nitrogens with zero attached hydrogens (tertiary/aromatic N) is 1. The van der Waals surface area contributed by atoms with E-state index in [1.54, 1.807) is 11.9 Å². The summed E-state index contributed by atoms with van der Waals surface area (Å²) in [6.07, 6.45) is 0. The molecule has 1 aromatic heterocycles. The smallest absolute Gasteiger partial charge is 0.264 e. The molecule has 0 fully saturated rings. The fourth-order valence-electron chi connectivity index (χ4n) is 1.62. The zero-order chi connectivity index (χ0) is 13.1. The maximum absolute atomic E-state index is 12.1. The fraction of sp³-hybridized carbons (Fsp3) is 0.154. The second-order valence-corrected chi connectivity index (χ2v) is 6.43. The summed E-state index contributed by atoms with van der Waals surface area (Å²) in [5.74, 6) is 0.00829. The molecule has 0 aliphatic heterocycles. The molecular formula is C13H13BrN2OS. The van der Waals surface area contributed by atoms with E-state index in [-0.39, 0.29) is 5.91 Å².